The highest BCUT2D eigenvalue weighted by Crippen LogP contribution is 2.62. The molecule has 0 radical (unpaired) electrons. The largest absolute Gasteiger partial charge is 0.497 e. The van der Waals surface area contributed by atoms with Crippen molar-refractivity contribution in [2.24, 2.45) is 5.92 Å². The zero-order chi connectivity index (χ0) is 30.4. The Bertz CT molecular complexity index is 1800. The molecule has 4 atom stereocenters. The Kier molecular flexibility index (Phi) is 6.81. The van der Waals surface area contributed by atoms with Crippen molar-refractivity contribution in [3.8, 4) is 11.5 Å². The van der Waals surface area contributed by atoms with Gasteiger partial charge in [0.15, 0.2) is 11.6 Å². The van der Waals surface area contributed by atoms with E-state index in [1.54, 1.807) is 55.6 Å². The maximum Gasteiger partial charge on any atom is 0.238 e. The molecule has 44 heavy (non-hydrogen) atoms. The normalized spacial score (nSPS) is 22.6. The Labute approximate surface area is 256 Å². The van der Waals surface area contributed by atoms with Gasteiger partial charge in [0.2, 0.25) is 5.91 Å². The van der Waals surface area contributed by atoms with Crippen LogP contribution in [0.1, 0.15) is 56.8 Å². The molecule has 0 bridgehead atoms. The Morgan fingerprint density at radius 1 is 0.841 bits per heavy atom. The van der Waals surface area contributed by atoms with Gasteiger partial charge in [-0.3, -0.25) is 14.4 Å². The van der Waals surface area contributed by atoms with Crippen LogP contribution >= 0.6 is 0 Å². The molecule has 3 heterocycles. The monoisotopic (exact) mass is 584 g/mol. The summed E-state index contributed by atoms with van der Waals surface area (Å²) in [5.74, 6) is -0.554. The van der Waals surface area contributed by atoms with Gasteiger partial charge in [-0.05, 0) is 83.8 Å². The van der Waals surface area contributed by atoms with Crippen LogP contribution < -0.4 is 14.8 Å². The van der Waals surface area contributed by atoms with Crippen LogP contribution in [0.25, 0.3) is 6.08 Å². The number of Topliss-reactive ketones (excluding diaryl/α,β-unsaturated/α-hetero) is 2. The summed E-state index contributed by atoms with van der Waals surface area (Å²) in [5, 5.41) is 3.09. The lowest BCUT2D eigenvalue weighted by molar-refractivity contribution is -0.122. The molecule has 220 valence electrons. The third kappa shape index (κ3) is 4.07. The summed E-state index contributed by atoms with van der Waals surface area (Å²) in [6.45, 7) is 2.60. The summed E-state index contributed by atoms with van der Waals surface area (Å²) in [6, 6.07) is 27.8. The van der Waals surface area contributed by atoms with Gasteiger partial charge in [-0.15, -0.1) is 0 Å². The van der Waals surface area contributed by atoms with Crippen LogP contribution in [0, 0.1) is 5.92 Å². The molecular formula is C37H32N2O5. The quantitative estimate of drug-likeness (QED) is 0.239. The van der Waals surface area contributed by atoms with E-state index in [1.165, 1.54) is 0 Å². The fourth-order valence-corrected chi connectivity index (χ4v) is 7.21. The Hall–Kier alpha value is -5.17. The average Bonchev–Trinajstić information content (AvgIpc) is 3.55. The van der Waals surface area contributed by atoms with Gasteiger partial charge in [0, 0.05) is 23.0 Å². The van der Waals surface area contributed by atoms with E-state index in [0.29, 0.717) is 34.9 Å². The second-order valence-corrected chi connectivity index (χ2v) is 11.4. The molecule has 0 aliphatic carbocycles. The van der Waals surface area contributed by atoms with E-state index in [9.17, 15) is 14.4 Å². The van der Waals surface area contributed by atoms with Crippen LogP contribution in [0.5, 0.6) is 11.5 Å². The molecule has 0 aromatic heterocycles. The Balaban J connectivity index is 1.46. The van der Waals surface area contributed by atoms with E-state index in [1.807, 2.05) is 72.6 Å². The number of nitrogens with one attached hydrogen (secondary N) is 1. The number of hydrogen-bond acceptors (Lipinski definition) is 6. The zero-order valence-electron chi connectivity index (χ0n) is 24.5. The van der Waals surface area contributed by atoms with E-state index >= 15 is 0 Å². The van der Waals surface area contributed by atoms with E-state index in [4.69, 9.17) is 9.47 Å². The number of hydrogen-bond donors (Lipinski definition) is 1. The lowest BCUT2D eigenvalue weighted by atomic mass is 9.62. The molecular weight excluding hydrogens is 552 g/mol. The first-order chi connectivity index (χ1) is 21.5. The smallest absolute Gasteiger partial charge is 0.238 e. The van der Waals surface area contributed by atoms with E-state index in [-0.39, 0.29) is 17.5 Å². The molecule has 4 aromatic rings. The summed E-state index contributed by atoms with van der Waals surface area (Å²) in [5.41, 5.74) is 2.70. The number of carbonyl (C=O) groups is 3. The first-order valence-corrected chi connectivity index (χ1v) is 14.9. The van der Waals surface area contributed by atoms with Crippen molar-refractivity contribution in [3.63, 3.8) is 0 Å². The molecule has 7 heteroatoms. The lowest BCUT2D eigenvalue weighted by Crippen LogP contribution is -2.49. The molecule has 1 amide bonds. The summed E-state index contributed by atoms with van der Waals surface area (Å²) in [7, 11) is 1.57. The number of ketones is 2. The number of anilines is 1. The highest BCUT2D eigenvalue weighted by Gasteiger charge is 2.70. The van der Waals surface area contributed by atoms with Crippen molar-refractivity contribution in [1.29, 1.82) is 0 Å². The molecule has 1 spiro atoms. The van der Waals surface area contributed by atoms with E-state index in [0.717, 1.165) is 23.1 Å². The van der Waals surface area contributed by atoms with E-state index in [2.05, 4.69) is 5.32 Å². The third-order valence-electron chi connectivity index (χ3n) is 9.11. The minimum Gasteiger partial charge on any atom is -0.497 e. The topological polar surface area (TPSA) is 84.9 Å². The number of carbonyl (C=O) groups excluding carboxylic acids is 3. The van der Waals surface area contributed by atoms with Crippen molar-refractivity contribution >= 4 is 29.2 Å². The van der Waals surface area contributed by atoms with Crippen molar-refractivity contribution in [1.82, 2.24) is 4.90 Å². The fourth-order valence-electron chi connectivity index (χ4n) is 7.21. The number of amides is 1. The molecule has 0 unspecified atom stereocenters. The van der Waals surface area contributed by atoms with Crippen LogP contribution in [-0.4, -0.2) is 42.1 Å². The predicted molar refractivity (Wildman–Crippen MR) is 168 cm³/mol. The number of rotatable bonds is 8. The highest BCUT2D eigenvalue weighted by atomic mass is 16.5. The highest BCUT2D eigenvalue weighted by molar-refractivity contribution is 6.16. The third-order valence-corrected chi connectivity index (χ3v) is 9.11. The first kappa shape index (κ1) is 27.7. The SMILES string of the molecule is CCCOc1ccc(C(=O)[C@H]2[C@@H](C(=O)c3ccc(OC)cc3)N3C=Cc4ccccc4[C@@H]3[C@]23C(=O)Nc2ccccc23)cc1. The molecule has 1 saturated heterocycles. The molecule has 1 fully saturated rings. The standard InChI is InChI=1S/C37H32N2O5/c1-3-22-44-27-18-14-24(15-19-27)33(40)31-32(34(41)25-12-16-26(43-2)17-13-25)39-21-20-23-8-4-5-9-28(23)35(39)37(31)29-10-6-7-11-30(29)38-36(37)42/h4-21,31-32,35H,3,22H2,1-2H3,(H,38,42)/t31-,32+,35-,37-/m1/s1. The fraction of sp³-hybridized carbons (Fsp3) is 0.216. The second kappa shape index (κ2) is 10.8. The number of para-hydroxylation sites is 1. The Morgan fingerprint density at radius 2 is 1.50 bits per heavy atom. The van der Waals surface area contributed by atoms with E-state index < -0.39 is 23.4 Å². The van der Waals surface area contributed by atoms with Crippen LogP contribution in [0.2, 0.25) is 0 Å². The second-order valence-electron chi connectivity index (χ2n) is 11.4. The van der Waals surface area contributed by atoms with Crippen molar-refractivity contribution in [2.45, 2.75) is 30.8 Å². The maximum atomic E-state index is 14.9. The van der Waals surface area contributed by atoms with Gasteiger partial charge in [0.05, 0.1) is 25.7 Å². The molecule has 7 rings (SSSR count). The molecule has 4 aromatic carbocycles. The van der Waals surface area contributed by atoms with Gasteiger partial charge in [-0.2, -0.15) is 0 Å². The molecule has 7 nitrogen and oxygen atoms in total. The summed E-state index contributed by atoms with van der Waals surface area (Å²) in [6.07, 6.45) is 4.70. The molecule has 1 N–H and O–H groups in total. The zero-order valence-corrected chi connectivity index (χ0v) is 24.5. The molecule has 0 saturated carbocycles. The minimum atomic E-state index is -1.38. The van der Waals surface area contributed by atoms with Crippen molar-refractivity contribution < 1.29 is 23.9 Å². The molecule has 3 aliphatic heterocycles. The predicted octanol–water partition coefficient (Wildman–Crippen LogP) is 6.47. The number of nitrogens with zero attached hydrogens (tertiary/aromatic N) is 1. The summed E-state index contributed by atoms with van der Waals surface area (Å²) >= 11 is 0. The maximum absolute atomic E-state index is 14.9. The van der Waals surface area contributed by atoms with Crippen LogP contribution in [0.15, 0.2) is 103 Å². The van der Waals surface area contributed by atoms with Crippen molar-refractivity contribution in [2.75, 3.05) is 19.0 Å². The van der Waals surface area contributed by atoms with Gasteiger partial charge in [0.1, 0.15) is 23.0 Å². The average molecular weight is 585 g/mol. The molecule has 3 aliphatic rings. The van der Waals surface area contributed by atoms with Gasteiger partial charge in [-0.1, -0.05) is 49.4 Å². The summed E-state index contributed by atoms with van der Waals surface area (Å²) < 4.78 is 11.1. The van der Waals surface area contributed by atoms with Crippen LogP contribution in [-0.2, 0) is 10.2 Å². The number of methoxy groups -OCH3 is 1. The van der Waals surface area contributed by atoms with Crippen LogP contribution in [0.4, 0.5) is 5.69 Å². The summed E-state index contributed by atoms with van der Waals surface area (Å²) in [4.78, 5) is 46.1. The minimum absolute atomic E-state index is 0.239. The van der Waals surface area contributed by atoms with Crippen LogP contribution in [0.3, 0.4) is 0 Å². The van der Waals surface area contributed by atoms with Crippen molar-refractivity contribution in [3.05, 3.63) is 131 Å². The van der Waals surface area contributed by atoms with Gasteiger partial charge in [0.25, 0.3) is 0 Å². The number of fused-ring (bicyclic) bond motifs is 6. The van der Waals surface area contributed by atoms with Gasteiger partial charge >= 0.3 is 0 Å². The van der Waals surface area contributed by atoms with Gasteiger partial charge < -0.3 is 19.7 Å². The Morgan fingerprint density at radius 3 is 2.23 bits per heavy atom. The first-order valence-electron chi connectivity index (χ1n) is 14.9. The number of benzene rings is 4. The number of ether oxygens (including phenoxy) is 2. The van der Waals surface area contributed by atoms with Gasteiger partial charge in [-0.25, -0.2) is 0 Å². The lowest BCUT2D eigenvalue weighted by Gasteiger charge is -2.38.